The highest BCUT2D eigenvalue weighted by molar-refractivity contribution is 6.30. The third-order valence-electron chi connectivity index (χ3n) is 2.13. The van der Waals surface area contributed by atoms with Crippen LogP contribution in [-0.2, 0) is 0 Å². The molecule has 0 spiro atoms. The first-order valence-electron chi connectivity index (χ1n) is 4.81. The van der Waals surface area contributed by atoms with Crippen molar-refractivity contribution in [2.24, 2.45) is 0 Å². The fourth-order valence-electron chi connectivity index (χ4n) is 1.26. The molecule has 0 radical (unpaired) electrons. The molecule has 4 heteroatoms. The summed E-state index contributed by atoms with van der Waals surface area (Å²) in [6, 6.07) is 8.94. The molecule has 3 nitrogen and oxygen atoms in total. The van der Waals surface area contributed by atoms with E-state index in [4.69, 9.17) is 22.1 Å². The Morgan fingerprint density at radius 1 is 1.25 bits per heavy atom. The normalized spacial score (nSPS) is 10.1. The fourth-order valence-corrected chi connectivity index (χ4v) is 1.37. The molecule has 2 aromatic rings. The molecule has 0 saturated heterocycles. The van der Waals surface area contributed by atoms with Gasteiger partial charge in [-0.25, -0.2) is 4.98 Å². The number of anilines is 1. The average molecular weight is 235 g/mol. The van der Waals surface area contributed by atoms with Gasteiger partial charge in [0, 0.05) is 24.0 Å². The van der Waals surface area contributed by atoms with Crippen molar-refractivity contribution in [2.45, 2.75) is 6.92 Å². The second-order valence-corrected chi connectivity index (χ2v) is 3.88. The molecular weight excluding hydrogens is 224 g/mol. The maximum atomic E-state index is 5.73. The molecule has 0 unspecified atom stereocenters. The Hall–Kier alpha value is -1.74. The second-order valence-electron chi connectivity index (χ2n) is 3.44. The van der Waals surface area contributed by atoms with Gasteiger partial charge in [0.2, 0.25) is 5.88 Å². The van der Waals surface area contributed by atoms with Gasteiger partial charge >= 0.3 is 0 Å². The Labute approximate surface area is 98.8 Å². The molecule has 1 aromatic carbocycles. The zero-order valence-electron chi connectivity index (χ0n) is 8.77. The molecule has 0 aliphatic carbocycles. The monoisotopic (exact) mass is 234 g/mol. The molecule has 16 heavy (non-hydrogen) atoms. The number of rotatable bonds is 2. The summed E-state index contributed by atoms with van der Waals surface area (Å²) in [6.45, 7) is 1.95. The predicted molar refractivity (Wildman–Crippen MR) is 64.9 cm³/mol. The average Bonchev–Trinajstić information content (AvgIpc) is 2.27. The van der Waals surface area contributed by atoms with Crippen LogP contribution in [0.3, 0.4) is 0 Å². The largest absolute Gasteiger partial charge is 0.439 e. The predicted octanol–water partition coefficient (Wildman–Crippen LogP) is 3.42. The molecule has 82 valence electrons. The van der Waals surface area contributed by atoms with E-state index >= 15 is 0 Å². The van der Waals surface area contributed by atoms with Crippen LogP contribution in [0.5, 0.6) is 11.6 Å². The number of halogens is 1. The Bertz CT molecular complexity index is 497. The van der Waals surface area contributed by atoms with Gasteiger partial charge in [-0.1, -0.05) is 17.7 Å². The van der Waals surface area contributed by atoms with E-state index in [1.54, 1.807) is 24.4 Å². The number of ether oxygens (including phenoxy) is 1. The lowest BCUT2D eigenvalue weighted by atomic mass is 10.2. The van der Waals surface area contributed by atoms with Crippen molar-refractivity contribution in [2.75, 3.05) is 5.73 Å². The van der Waals surface area contributed by atoms with Gasteiger partial charge in [0.15, 0.2) is 0 Å². The summed E-state index contributed by atoms with van der Waals surface area (Å²) in [5.41, 5.74) is 7.35. The van der Waals surface area contributed by atoms with Gasteiger partial charge in [0.05, 0.1) is 5.02 Å². The second kappa shape index (κ2) is 4.41. The fraction of sp³-hybridized carbons (Fsp3) is 0.0833. The van der Waals surface area contributed by atoms with E-state index in [0.29, 0.717) is 22.3 Å². The summed E-state index contributed by atoms with van der Waals surface area (Å²) in [4.78, 5) is 4.05. The number of aromatic nitrogens is 1. The van der Waals surface area contributed by atoms with Gasteiger partial charge in [-0.2, -0.15) is 0 Å². The van der Waals surface area contributed by atoms with Crippen LogP contribution in [0.15, 0.2) is 36.5 Å². The number of hydrogen-bond donors (Lipinski definition) is 1. The van der Waals surface area contributed by atoms with Gasteiger partial charge in [0.25, 0.3) is 0 Å². The minimum Gasteiger partial charge on any atom is -0.439 e. The van der Waals surface area contributed by atoms with Gasteiger partial charge < -0.3 is 10.5 Å². The maximum absolute atomic E-state index is 5.73. The molecule has 2 rings (SSSR count). The molecular formula is C12H11ClN2O. The highest BCUT2D eigenvalue weighted by Gasteiger charge is 2.02. The Morgan fingerprint density at radius 2 is 2.06 bits per heavy atom. The van der Waals surface area contributed by atoms with Crippen LogP contribution >= 0.6 is 11.6 Å². The highest BCUT2D eigenvalue weighted by Crippen LogP contribution is 2.26. The lowest BCUT2D eigenvalue weighted by molar-refractivity contribution is 0.460. The van der Waals surface area contributed by atoms with Gasteiger partial charge in [-0.3, -0.25) is 0 Å². The smallest absolute Gasteiger partial charge is 0.219 e. The molecule has 0 saturated carbocycles. The van der Waals surface area contributed by atoms with Crippen molar-refractivity contribution in [3.05, 3.63) is 47.1 Å². The Morgan fingerprint density at radius 3 is 2.75 bits per heavy atom. The SMILES string of the molecule is Cc1ccc(N)cc1Oc1ccc(Cl)cn1. The maximum Gasteiger partial charge on any atom is 0.219 e. The third-order valence-corrected chi connectivity index (χ3v) is 2.35. The first-order chi connectivity index (χ1) is 7.65. The molecule has 0 bridgehead atoms. The molecule has 1 heterocycles. The van der Waals surface area contributed by atoms with E-state index in [1.165, 1.54) is 0 Å². The van der Waals surface area contributed by atoms with E-state index in [1.807, 2.05) is 19.1 Å². The van der Waals surface area contributed by atoms with Crippen molar-refractivity contribution in [1.29, 1.82) is 0 Å². The number of pyridine rings is 1. The zero-order valence-corrected chi connectivity index (χ0v) is 9.53. The zero-order chi connectivity index (χ0) is 11.5. The molecule has 0 aliphatic rings. The summed E-state index contributed by atoms with van der Waals surface area (Å²) in [5.74, 6) is 1.20. The summed E-state index contributed by atoms with van der Waals surface area (Å²) in [5, 5.41) is 0.580. The van der Waals surface area contributed by atoms with Crippen molar-refractivity contribution in [3.63, 3.8) is 0 Å². The van der Waals surface area contributed by atoms with Gasteiger partial charge in [0.1, 0.15) is 5.75 Å². The van der Waals surface area contributed by atoms with Gasteiger partial charge in [-0.15, -0.1) is 0 Å². The number of nitrogen functional groups attached to an aromatic ring is 1. The lowest BCUT2D eigenvalue weighted by Crippen LogP contribution is -1.92. The van der Waals surface area contributed by atoms with Crippen LogP contribution in [0.2, 0.25) is 5.02 Å². The quantitative estimate of drug-likeness (QED) is 0.810. The number of nitrogens with zero attached hydrogens (tertiary/aromatic N) is 1. The molecule has 0 fully saturated rings. The molecule has 0 amide bonds. The molecule has 1 aromatic heterocycles. The van der Waals surface area contributed by atoms with Crippen LogP contribution < -0.4 is 10.5 Å². The van der Waals surface area contributed by atoms with Crippen molar-refractivity contribution in [1.82, 2.24) is 4.98 Å². The number of benzene rings is 1. The Kier molecular flexibility index (Phi) is 2.97. The first kappa shape index (κ1) is 10.8. The molecule has 2 N–H and O–H groups in total. The third kappa shape index (κ3) is 2.44. The molecule has 0 atom stereocenters. The number of hydrogen-bond acceptors (Lipinski definition) is 3. The summed E-state index contributed by atoms with van der Waals surface area (Å²) in [7, 11) is 0. The van der Waals surface area contributed by atoms with E-state index in [-0.39, 0.29) is 0 Å². The highest BCUT2D eigenvalue weighted by atomic mass is 35.5. The minimum absolute atomic E-state index is 0.498. The number of nitrogens with two attached hydrogens (primary N) is 1. The van der Waals surface area contributed by atoms with Crippen molar-refractivity contribution < 1.29 is 4.74 Å². The summed E-state index contributed by atoms with van der Waals surface area (Å²) < 4.78 is 5.60. The Balaban J connectivity index is 2.26. The van der Waals surface area contributed by atoms with Crippen LogP contribution in [0.1, 0.15) is 5.56 Å². The first-order valence-corrected chi connectivity index (χ1v) is 5.18. The topological polar surface area (TPSA) is 48.1 Å². The van der Waals surface area contributed by atoms with E-state index in [0.717, 1.165) is 5.56 Å². The molecule has 0 aliphatic heterocycles. The van der Waals surface area contributed by atoms with E-state index < -0.39 is 0 Å². The standard InChI is InChI=1S/C12H11ClN2O/c1-8-2-4-10(14)6-11(8)16-12-5-3-9(13)7-15-12/h2-7H,14H2,1H3. The lowest BCUT2D eigenvalue weighted by Gasteiger charge is -2.08. The van der Waals surface area contributed by atoms with Crippen LogP contribution in [0.4, 0.5) is 5.69 Å². The summed E-state index contributed by atoms with van der Waals surface area (Å²) in [6.07, 6.45) is 1.54. The van der Waals surface area contributed by atoms with Crippen LogP contribution in [-0.4, -0.2) is 4.98 Å². The minimum atomic E-state index is 0.498. The number of aryl methyl sites for hydroxylation is 1. The summed E-state index contributed by atoms with van der Waals surface area (Å²) >= 11 is 5.73. The van der Waals surface area contributed by atoms with Crippen LogP contribution in [0, 0.1) is 6.92 Å². The van der Waals surface area contributed by atoms with Crippen LogP contribution in [0.25, 0.3) is 0 Å². The van der Waals surface area contributed by atoms with E-state index in [2.05, 4.69) is 4.98 Å². The van der Waals surface area contributed by atoms with Crippen molar-refractivity contribution in [3.8, 4) is 11.6 Å². The van der Waals surface area contributed by atoms with Gasteiger partial charge in [-0.05, 0) is 24.6 Å². The van der Waals surface area contributed by atoms with Crippen molar-refractivity contribution >= 4 is 17.3 Å². The van der Waals surface area contributed by atoms with E-state index in [9.17, 15) is 0 Å².